The third-order valence-corrected chi connectivity index (χ3v) is 7.67. The van der Waals surface area contributed by atoms with Crippen LogP contribution in [0.1, 0.15) is 69.9 Å². The number of piperazine rings is 1. The van der Waals surface area contributed by atoms with Crippen LogP contribution in [0.4, 0.5) is 18.0 Å². The number of carbonyl (C=O) groups excluding carboxylic acids is 1. The summed E-state index contributed by atoms with van der Waals surface area (Å²) >= 11 is 0. The van der Waals surface area contributed by atoms with Gasteiger partial charge in [-0.2, -0.15) is 13.2 Å². The summed E-state index contributed by atoms with van der Waals surface area (Å²) in [5.41, 5.74) is 0.468. The molecular formula is C30H39F3N2O3. The standard InChI is InChI=1S/C30H39F3N2O3/c1-28(2,3)38-27(36)35-18-16-34(17-19-35)21-26(29(37)14-5-4-6-15-29)24-9-7-8-23(20-24)22-10-12-25(13-11-22)30(31,32)33/h7-13,20,26,37H,4-6,14-19,21H2,1-3H3. The second-order valence-corrected chi connectivity index (χ2v) is 11.7. The smallest absolute Gasteiger partial charge is 0.416 e. The van der Waals surface area contributed by atoms with E-state index in [1.54, 1.807) is 4.90 Å². The number of rotatable bonds is 5. The number of carbonyl (C=O) groups is 1. The minimum atomic E-state index is -4.37. The van der Waals surface area contributed by atoms with Crippen LogP contribution >= 0.6 is 0 Å². The first-order valence-corrected chi connectivity index (χ1v) is 13.5. The average Bonchev–Trinajstić information content (AvgIpc) is 2.86. The van der Waals surface area contributed by atoms with Gasteiger partial charge in [-0.25, -0.2) is 4.79 Å². The van der Waals surface area contributed by atoms with Crippen LogP contribution in [0.25, 0.3) is 11.1 Å². The second kappa shape index (κ2) is 11.3. The Hall–Kier alpha value is -2.58. The molecule has 2 aliphatic rings. The van der Waals surface area contributed by atoms with Crippen molar-refractivity contribution >= 4 is 6.09 Å². The molecule has 1 heterocycles. The molecule has 1 atom stereocenters. The lowest BCUT2D eigenvalue weighted by Gasteiger charge is -2.43. The zero-order valence-electron chi connectivity index (χ0n) is 22.6. The first-order valence-electron chi connectivity index (χ1n) is 13.5. The van der Waals surface area contributed by atoms with E-state index >= 15 is 0 Å². The van der Waals surface area contributed by atoms with E-state index in [4.69, 9.17) is 4.74 Å². The van der Waals surface area contributed by atoms with E-state index in [-0.39, 0.29) is 12.0 Å². The van der Waals surface area contributed by atoms with Crippen molar-refractivity contribution < 1.29 is 27.8 Å². The zero-order chi connectivity index (χ0) is 27.6. The zero-order valence-corrected chi connectivity index (χ0v) is 22.6. The topological polar surface area (TPSA) is 53.0 Å². The molecule has 1 saturated heterocycles. The maximum absolute atomic E-state index is 13.0. The van der Waals surface area contributed by atoms with Crippen LogP contribution in [0.2, 0.25) is 0 Å². The number of halogens is 3. The van der Waals surface area contributed by atoms with Gasteiger partial charge in [0.15, 0.2) is 0 Å². The molecule has 5 nitrogen and oxygen atoms in total. The van der Waals surface area contributed by atoms with Crippen LogP contribution in [0.3, 0.4) is 0 Å². The molecule has 4 rings (SSSR count). The van der Waals surface area contributed by atoms with E-state index < -0.39 is 22.9 Å². The number of aliphatic hydroxyl groups is 1. The molecule has 2 fully saturated rings. The Kier molecular flexibility index (Phi) is 8.43. The van der Waals surface area contributed by atoms with Gasteiger partial charge in [-0.05, 0) is 62.4 Å². The quantitative estimate of drug-likeness (QED) is 0.465. The maximum atomic E-state index is 13.0. The minimum Gasteiger partial charge on any atom is -0.444 e. The molecule has 38 heavy (non-hydrogen) atoms. The third kappa shape index (κ3) is 7.08. The largest absolute Gasteiger partial charge is 0.444 e. The molecular weight excluding hydrogens is 493 g/mol. The maximum Gasteiger partial charge on any atom is 0.416 e. The Morgan fingerprint density at radius 3 is 2.16 bits per heavy atom. The fourth-order valence-electron chi connectivity index (χ4n) is 5.58. The van der Waals surface area contributed by atoms with Crippen molar-refractivity contribution in [3.05, 3.63) is 59.7 Å². The predicted octanol–water partition coefficient (Wildman–Crippen LogP) is 6.70. The minimum absolute atomic E-state index is 0.148. The van der Waals surface area contributed by atoms with Crippen LogP contribution in [-0.2, 0) is 10.9 Å². The Morgan fingerprint density at radius 2 is 1.58 bits per heavy atom. The van der Waals surface area contributed by atoms with Crippen molar-refractivity contribution in [1.29, 1.82) is 0 Å². The molecule has 0 radical (unpaired) electrons. The number of benzene rings is 2. The number of ether oxygens (including phenoxy) is 1. The van der Waals surface area contributed by atoms with Gasteiger partial charge in [0.2, 0.25) is 0 Å². The molecule has 0 spiro atoms. The number of alkyl halides is 3. The van der Waals surface area contributed by atoms with Gasteiger partial charge in [0.25, 0.3) is 0 Å². The highest BCUT2D eigenvalue weighted by molar-refractivity contribution is 5.68. The number of amides is 1. The number of hydrogen-bond acceptors (Lipinski definition) is 4. The molecule has 8 heteroatoms. The van der Waals surface area contributed by atoms with E-state index in [0.29, 0.717) is 38.3 Å². The van der Waals surface area contributed by atoms with Crippen LogP contribution in [0.5, 0.6) is 0 Å². The van der Waals surface area contributed by atoms with Crippen LogP contribution in [-0.4, -0.2) is 64.9 Å². The first kappa shape index (κ1) is 28.4. The SMILES string of the molecule is CC(C)(C)OC(=O)N1CCN(CC(c2cccc(-c3ccc(C(F)(F)F)cc3)c2)C2(O)CCCCC2)CC1. The van der Waals surface area contributed by atoms with Gasteiger partial charge in [0.1, 0.15) is 5.60 Å². The van der Waals surface area contributed by atoms with Gasteiger partial charge in [-0.1, -0.05) is 55.7 Å². The van der Waals surface area contributed by atoms with Gasteiger partial charge in [-0.3, -0.25) is 4.90 Å². The normalized spacial score (nSPS) is 19.7. The van der Waals surface area contributed by atoms with Gasteiger partial charge in [0, 0.05) is 38.6 Å². The van der Waals surface area contributed by atoms with Gasteiger partial charge >= 0.3 is 12.3 Å². The third-order valence-electron chi connectivity index (χ3n) is 7.67. The Balaban J connectivity index is 1.53. The molecule has 1 aliphatic heterocycles. The predicted molar refractivity (Wildman–Crippen MR) is 142 cm³/mol. The molecule has 1 aliphatic carbocycles. The molecule has 1 unspecified atom stereocenters. The molecule has 1 saturated carbocycles. The lowest BCUT2D eigenvalue weighted by molar-refractivity contribution is -0.137. The molecule has 0 aromatic heterocycles. The fourth-order valence-corrected chi connectivity index (χ4v) is 5.58. The molecule has 2 aromatic rings. The van der Waals surface area contributed by atoms with Crippen molar-refractivity contribution in [1.82, 2.24) is 9.80 Å². The molecule has 0 bridgehead atoms. The average molecular weight is 533 g/mol. The first-order chi connectivity index (χ1) is 17.8. The Morgan fingerprint density at radius 1 is 0.947 bits per heavy atom. The highest BCUT2D eigenvalue weighted by atomic mass is 19.4. The lowest BCUT2D eigenvalue weighted by Crippen LogP contribution is -2.52. The van der Waals surface area contributed by atoms with Crippen LogP contribution < -0.4 is 0 Å². The Labute approximate surface area is 223 Å². The molecule has 1 amide bonds. The van der Waals surface area contributed by atoms with Gasteiger partial charge in [-0.15, -0.1) is 0 Å². The van der Waals surface area contributed by atoms with Gasteiger partial charge < -0.3 is 14.7 Å². The highest BCUT2D eigenvalue weighted by Gasteiger charge is 2.40. The summed E-state index contributed by atoms with van der Waals surface area (Å²) < 4.78 is 44.6. The monoisotopic (exact) mass is 532 g/mol. The summed E-state index contributed by atoms with van der Waals surface area (Å²) in [5, 5.41) is 11.8. The van der Waals surface area contributed by atoms with E-state index in [2.05, 4.69) is 4.90 Å². The van der Waals surface area contributed by atoms with Crippen LogP contribution in [0, 0.1) is 0 Å². The summed E-state index contributed by atoms with van der Waals surface area (Å²) in [6, 6.07) is 13.1. The van der Waals surface area contributed by atoms with Crippen molar-refractivity contribution in [2.45, 2.75) is 76.2 Å². The Bertz CT molecular complexity index is 1080. The summed E-state index contributed by atoms with van der Waals surface area (Å²) in [4.78, 5) is 16.5. The van der Waals surface area contributed by atoms with Crippen molar-refractivity contribution in [2.75, 3.05) is 32.7 Å². The highest BCUT2D eigenvalue weighted by Crippen LogP contribution is 2.41. The molecule has 208 valence electrons. The van der Waals surface area contributed by atoms with E-state index in [1.165, 1.54) is 12.1 Å². The van der Waals surface area contributed by atoms with Crippen molar-refractivity contribution in [3.63, 3.8) is 0 Å². The number of nitrogens with zero attached hydrogens (tertiary/aromatic N) is 2. The van der Waals surface area contributed by atoms with Crippen LogP contribution in [0.15, 0.2) is 48.5 Å². The van der Waals surface area contributed by atoms with Crippen molar-refractivity contribution in [2.24, 2.45) is 0 Å². The summed E-state index contributed by atoms with van der Waals surface area (Å²) in [6.45, 7) is 8.71. The van der Waals surface area contributed by atoms with E-state index in [0.717, 1.165) is 55.4 Å². The van der Waals surface area contributed by atoms with Crippen molar-refractivity contribution in [3.8, 4) is 11.1 Å². The second-order valence-electron chi connectivity index (χ2n) is 11.7. The number of hydrogen-bond donors (Lipinski definition) is 1. The van der Waals surface area contributed by atoms with Gasteiger partial charge in [0.05, 0.1) is 11.2 Å². The molecule has 1 N–H and O–H groups in total. The molecule has 2 aromatic carbocycles. The summed E-state index contributed by atoms with van der Waals surface area (Å²) in [6.07, 6.45) is -0.182. The van der Waals surface area contributed by atoms with E-state index in [1.807, 2.05) is 45.0 Å². The fraction of sp³-hybridized carbons (Fsp3) is 0.567. The summed E-state index contributed by atoms with van der Waals surface area (Å²) in [7, 11) is 0. The lowest BCUT2D eigenvalue weighted by atomic mass is 9.72. The van der Waals surface area contributed by atoms with E-state index in [9.17, 15) is 23.1 Å². The summed E-state index contributed by atoms with van der Waals surface area (Å²) in [5.74, 6) is -0.148.